The van der Waals surface area contributed by atoms with Gasteiger partial charge in [-0.15, -0.1) is 0 Å². The fourth-order valence-electron chi connectivity index (χ4n) is 1.92. The van der Waals surface area contributed by atoms with E-state index in [1.807, 2.05) is 0 Å². The SMILES string of the molecule is O=C1C=C(NCCCC[Se]c2ccccc2)CC1. The first-order valence-corrected chi connectivity index (χ1v) is 8.56. The van der Waals surface area contributed by atoms with Crippen LogP contribution in [-0.2, 0) is 4.79 Å². The monoisotopic (exact) mass is 309 g/mol. The predicted octanol–water partition coefficient (Wildman–Crippen LogP) is 2.05. The van der Waals surface area contributed by atoms with Gasteiger partial charge in [0.25, 0.3) is 0 Å². The second kappa shape index (κ2) is 7.40. The molecule has 0 spiro atoms. The van der Waals surface area contributed by atoms with Crippen LogP contribution >= 0.6 is 0 Å². The summed E-state index contributed by atoms with van der Waals surface area (Å²) in [6, 6.07) is 10.7. The summed E-state index contributed by atoms with van der Waals surface area (Å²) in [7, 11) is 0. The molecule has 1 aromatic carbocycles. The van der Waals surface area contributed by atoms with Crippen LogP contribution in [0.25, 0.3) is 0 Å². The Balaban J connectivity index is 1.52. The zero-order valence-electron chi connectivity index (χ0n) is 10.5. The molecule has 2 nitrogen and oxygen atoms in total. The van der Waals surface area contributed by atoms with Crippen molar-refractivity contribution in [2.45, 2.75) is 31.0 Å². The molecule has 0 unspecified atom stereocenters. The van der Waals surface area contributed by atoms with Gasteiger partial charge in [0.05, 0.1) is 0 Å². The number of hydrogen-bond donors (Lipinski definition) is 1. The number of unbranched alkanes of at least 4 members (excludes halogenated alkanes) is 1. The molecule has 0 heterocycles. The first-order chi connectivity index (χ1) is 8.84. The molecule has 2 rings (SSSR count). The molecule has 1 aromatic rings. The molecule has 0 aliphatic heterocycles. The molecule has 0 saturated carbocycles. The Bertz CT molecular complexity index is 414. The van der Waals surface area contributed by atoms with Crippen LogP contribution < -0.4 is 9.78 Å². The van der Waals surface area contributed by atoms with E-state index in [0.717, 1.165) is 18.7 Å². The minimum atomic E-state index is 0.268. The van der Waals surface area contributed by atoms with Crippen molar-refractivity contribution >= 4 is 25.2 Å². The summed E-state index contributed by atoms with van der Waals surface area (Å²) in [6.07, 6.45) is 5.82. The number of rotatable bonds is 7. The van der Waals surface area contributed by atoms with E-state index in [1.54, 1.807) is 6.08 Å². The number of benzene rings is 1. The third-order valence-corrected chi connectivity index (χ3v) is 5.22. The molecule has 0 saturated heterocycles. The van der Waals surface area contributed by atoms with Crippen LogP contribution in [0.3, 0.4) is 0 Å². The van der Waals surface area contributed by atoms with Crippen LogP contribution in [0.2, 0.25) is 5.32 Å². The molecule has 1 N–H and O–H groups in total. The molecule has 0 fully saturated rings. The van der Waals surface area contributed by atoms with E-state index in [4.69, 9.17) is 0 Å². The summed E-state index contributed by atoms with van der Waals surface area (Å²) in [5, 5.41) is 4.66. The van der Waals surface area contributed by atoms with Crippen LogP contribution in [0, 0.1) is 0 Å². The van der Waals surface area contributed by atoms with Crippen molar-refractivity contribution in [1.29, 1.82) is 0 Å². The molecule has 3 heteroatoms. The van der Waals surface area contributed by atoms with Crippen LogP contribution in [-0.4, -0.2) is 27.3 Å². The summed E-state index contributed by atoms with van der Waals surface area (Å²) in [5.74, 6) is 0.268. The van der Waals surface area contributed by atoms with Crippen LogP contribution in [0.5, 0.6) is 0 Å². The first kappa shape index (κ1) is 13.4. The van der Waals surface area contributed by atoms with Gasteiger partial charge < -0.3 is 0 Å². The second-order valence-corrected chi connectivity index (χ2v) is 6.88. The normalized spacial score (nSPS) is 14.7. The Labute approximate surface area is 115 Å². The number of carbonyl (C=O) groups excluding carboxylic acids is 1. The molecular formula is C15H19NOSe. The van der Waals surface area contributed by atoms with Gasteiger partial charge in [-0.25, -0.2) is 0 Å². The van der Waals surface area contributed by atoms with E-state index in [1.165, 1.54) is 22.6 Å². The molecule has 1 aliphatic rings. The fourth-order valence-corrected chi connectivity index (χ4v) is 3.88. The van der Waals surface area contributed by atoms with E-state index in [2.05, 4.69) is 35.6 Å². The number of hydrogen-bond acceptors (Lipinski definition) is 2. The average molecular weight is 308 g/mol. The average Bonchev–Trinajstić information content (AvgIpc) is 2.81. The molecule has 96 valence electrons. The van der Waals surface area contributed by atoms with Crippen molar-refractivity contribution in [3.63, 3.8) is 0 Å². The number of allylic oxidation sites excluding steroid dienone is 2. The van der Waals surface area contributed by atoms with Crippen molar-refractivity contribution in [2.24, 2.45) is 0 Å². The standard InChI is InChI=1S/C15H19NOSe/c17-14-9-8-13(12-14)16-10-4-5-11-18-15-6-2-1-3-7-15/h1-3,6-7,12,16H,4-5,8-11H2. The summed E-state index contributed by atoms with van der Waals surface area (Å²) >= 11 is 0.615. The Morgan fingerprint density at radius 1 is 1.11 bits per heavy atom. The van der Waals surface area contributed by atoms with Crippen molar-refractivity contribution in [3.8, 4) is 0 Å². The Kier molecular flexibility index (Phi) is 5.50. The first-order valence-electron chi connectivity index (χ1n) is 6.50. The zero-order chi connectivity index (χ0) is 12.6. The zero-order valence-corrected chi connectivity index (χ0v) is 12.2. The molecule has 18 heavy (non-hydrogen) atoms. The fraction of sp³-hybridized carbons (Fsp3) is 0.400. The van der Waals surface area contributed by atoms with Crippen LogP contribution in [0.1, 0.15) is 25.7 Å². The van der Waals surface area contributed by atoms with Gasteiger partial charge in [-0.2, -0.15) is 0 Å². The maximum atomic E-state index is 11.0. The molecule has 0 amide bonds. The number of carbonyl (C=O) groups is 1. The number of ketones is 1. The Morgan fingerprint density at radius 3 is 2.67 bits per heavy atom. The van der Waals surface area contributed by atoms with Crippen LogP contribution in [0.15, 0.2) is 42.1 Å². The van der Waals surface area contributed by atoms with Crippen molar-refractivity contribution in [1.82, 2.24) is 5.32 Å². The quantitative estimate of drug-likeness (QED) is 0.617. The summed E-state index contributed by atoms with van der Waals surface area (Å²) in [6.45, 7) is 1.00. The molecule has 0 bridgehead atoms. The molecule has 1 aliphatic carbocycles. The summed E-state index contributed by atoms with van der Waals surface area (Å²) in [4.78, 5) is 11.0. The van der Waals surface area contributed by atoms with Crippen LogP contribution in [0.4, 0.5) is 0 Å². The van der Waals surface area contributed by atoms with E-state index in [-0.39, 0.29) is 5.78 Å². The van der Waals surface area contributed by atoms with Gasteiger partial charge in [-0.3, -0.25) is 0 Å². The molecule has 0 atom stereocenters. The van der Waals surface area contributed by atoms with E-state index in [9.17, 15) is 4.79 Å². The summed E-state index contributed by atoms with van der Waals surface area (Å²) < 4.78 is 1.49. The molecule has 0 radical (unpaired) electrons. The minimum absolute atomic E-state index is 0.268. The van der Waals surface area contributed by atoms with Crippen molar-refractivity contribution < 1.29 is 4.79 Å². The molecule has 0 aromatic heterocycles. The van der Waals surface area contributed by atoms with Gasteiger partial charge in [0.1, 0.15) is 0 Å². The van der Waals surface area contributed by atoms with E-state index < -0.39 is 0 Å². The maximum absolute atomic E-state index is 11.0. The molecular weight excluding hydrogens is 289 g/mol. The van der Waals surface area contributed by atoms with Gasteiger partial charge in [0, 0.05) is 0 Å². The van der Waals surface area contributed by atoms with Crippen molar-refractivity contribution in [2.75, 3.05) is 6.54 Å². The summed E-state index contributed by atoms with van der Waals surface area (Å²) in [5.41, 5.74) is 1.13. The Morgan fingerprint density at radius 2 is 1.94 bits per heavy atom. The van der Waals surface area contributed by atoms with Gasteiger partial charge in [0.15, 0.2) is 0 Å². The van der Waals surface area contributed by atoms with Gasteiger partial charge in [0.2, 0.25) is 0 Å². The topological polar surface area (TPSA) is 29.1 Å². The third kappa shape index (κ3) is 4.67. The number of nitrogens with one attached hydrogen (secondary N) is 1. The second-order valence-electron chi connectivity index (χ2n) is 4.43. The van der Waals surface area contributed by atoms with Crippen molar-refractivity contribution in [3.05, 3.63) is 42.1 Å². The third-order valence-electron chi connectivity index (χ3n) is 2.91. The van der Waals surface area contributed by atoms with Gasteiger partial charge in [-0.05, 0) is 0 Å². The predicted molar refractivity (Wildman–Crippen MR) is 76.2 cm³/mol. The Hall–Kier alpha value is -1.05. The van der Waals surface area contributed by atoms with E-state index in [0.29, 0.717) is 21.4 Å². The van der Waals surface area contributed by atoms with E-state index >= 15 is 0 Å². The van der Waals surface area contributed by atoms with Gasteiger partial charge >= 0.3 is 115 Å². The van der Waals surface area contributed by atoms with Gasteiger partial charge in [-0.1, -0.05) is 0 Å².